The minimum Gasteiger partial charge on any atom is -0.308 e. The molecule has 0 radical (unpaired) electrons. The van der Waals surface area contributed by atoms with E-state index < -0.39 is 25.9 Å². The number of benzene rings is 1. The summed E-state index contributed by atoms with van der Waals surface area (Å²) in [6.07, 6.45) is 2.13. The number of anilines is 1. The van der Waals surface area contributed by atoms with Crippen molar-refractivity contribution in [2.75, 3.05) is 44.9 Å². The van der Waals surface area contributed by atoms with Gasteiger partial charge < -0.3 is 4.90 Å². The van der Waals surface area contributed by atoms with E-state index in [0.717, 1.165) is 17.6 Å². The lowest BCUT2D eigenvalue weighted by atomic mass is 10.2. The third kappa shape index (κ3) is 5.71. The number of hydrogen-bond donors (Lipinski definition) is 0. The molecular formula is C21H27ClN4O5S4. The molecule has 1 aromatic carbocycles. The number of thiophene rings is 1. The van der Waals surface area contributed by atoms with Crippen LogP contribution in [0.4, 0.5) is 5.13 Å². The van der Waals surface area contributed by atoms with Crippen LogP contribution in [0.15, 0.2) is 44.8 Å². The number of hydrogen-bond acceptors (Lipinski definition) is 9. The van der Waals surface area contributed by atoms with Crippen LogP contribution in [-0.2, 0) is 24.7 Å². The van der Waals surface area contributed by atoms with Crippen LogP contribution in [0.3, 0.4) is 0 Å². The summed E-state index contributed by atoms with van der Waals surface area (Å²) in [6, 6.07) is 7.30. The Morgan fingerprint density at radius 3 is 2.51 bits per heavy atom. The second-order valence-electron chi connectivity index (χ2n) is 8.37. The summed E-state index contributed by atoms with van der Waals surface area (Å²) >= 11 is 2.35. The smallest absolute Gasteiger partial charge is 0.253 e. The zero-order chi connectivity index (χ0) is 24.7. The van der Waals surface area contributed by atoms with E-state index in [1.165, 1.54) is 26.6 Å². The third-order valence-corrected chi connectivity index (χ3v) is 11.0. The van der Waals surface area contributed by atoms with Crippen LogP contribution in [0.25, 0.3) is 10.2 Å². The molecule has 0 aliphatic carbocycles. The van der Waals surface area contributed by atoms with E-state index in [1.54, 1.807) is 29.6 Å². The third-order valence-electron chi connectivity index (χ3n) is 5.58. The average molecular weight is 579 g/mol. The molecule has 1 atom stereocenters. The number of halogens is 1. The highest BCUT2D eigenvalue weighted by Gasteiger charge is 2.42. The lowest BCUT2D eigenvalue weighted by Crippen LogP contribution is -2.49. The molecule has 2 aromatic heterocycles. The van der Waals surface area contributed by atoms with E-state index in [9.17, 15) is 21.6 Å². The summed E-state index contributed by atoms with van der Waals surface area (Å²) < 4.78 is 53.1. The number of sulfone groups is 1. The Morgan fingerprint density at radius 1 is 1.14 bits per heavy atom. The number of sulfonamides is 1. The first-order chi connectivity index (χ1) is 16.0. The molecule has 1 amide bonds. The molecule has 3 aromatic rings. The van der Waals surface area contributed by atoms with Crippen molar-refractivity contribution in [3.63, 3.8) is 0 Å². The summed E-state index contributed by atoms with van der Waals surface area (Å²) in [5.74, 6) is -0.348. The molecule has 0 spiro atoms. The van der Waals surface area contributed by atoms with Crippen molar-refractivity contribution in [3.8, 4) is 0 Å². The van der Waals surface area contributed by atoms with Crippen molar-refractivity contribution in [3.05, 3.63) is 35.7 Å². The van der Waals surface area contributed by atoms with E-state index in [0.29, 0.717) is 41.3 Å². The quantitative estimate of drug-likeness (QED) is 0.404. The number of para-hydroxylation sites is 1. The van der Waals surface area contributed by atoms with Gasteiger partial charge in [-0.25, -0.2) is 21.8 Å². The number of likely N-dealkylation sites (N-methyl/N-ethyl adjacent to an activating group) is 1. The van der Waals surface area contributed by atoms with Crippen LogP contribution >= 0.6 is 35.1 Å². The number of rotatable bonds is 8. The fourth-order valence-electron chi connectivity index (χ4n) is 3.91. The van der Waals surface area contributed by atoms with Crippen molar-refractivity contribution >= 4 is 76.2 Å². The maximum absolute atomic E-state index is 13.8. The fraction of sp³-hybridized carbons (Fsp3) is 0.429. The number of aromatic nitrogens is 1. The molecule has 1 saturated heterocycles. The molecule has 3 heterocycles. The molecule has 0 N–H and O–H groups in total. The van der Waals surface area contributed by atoms with Crippen molar-refractivity contribution in [1.82, 2.24) is 14.2 Å². The summed E-state index contributed by atoms with van der Waals surface area (Å²) in [5.41, 5.74) is 0.321. The Bertz CT molecular complexity index is 1400. The van der Waals surface area contributed by atoms with E-state index >= 15 is 0 Å². The van der Waals surface area contributed by atoms with Crippen LogP contribution in [0, 0.1) is 0 Å². The van der Waals surface area contributed by atoms with Gasteiger partial charge in [0.2, 0.25) is 5.91 Å². The zero-order valence-corrected chi connectivity index (χ0v) is 23.5. The van der Waals surface area contributed by atoms with E-state index in [1.807, 2.05) is 19.0 Å². The predicted octanol–water partition coefficient (Wildman–Crippen LogP) is 2.93. The second-order valence-corrected chi connectivity index (χ2v) is 14.4. The Kier molecular flexibility index (Phi) is 8.62. The summed E-state index contributed by atoms with van der Waals surface area (Å²) in [4.78, 5) is 21.9. The molecule has 14 heteroatoms. The molecular weight excluding hydrogens is 552 g/mol. The first-order valence-corrected chi connectivity index (χ1v) is 15.6. The number of fused-ring (bicyclic) bond motifs is 1. The molecule has 1 fully saturated rings. The maximum atomic E-state index is 13.8. The first kappa shape index (κ1) is 28.0. The standard InChI is InChI=1S/C21H26N4O5S4.ClH/c1-23(2)12-13-24(21-22-19-16(32-21)8-4-9-17(19)33(3,27)28)20(26)15-7-5-11-25(15)34(29,30)18-10-6-14-31-18;/h4,6,8-10,14-15H,5,7,11-13H2,1-3H3;1H. The van der Waals surface area contributed by atoms with Gasteiger partial charge >= 0.3 is 0 Å². The minimum atomic E-state index is -3.79. The van der Waals surface area contributed by atoms with Crippen LogP contribution < -0.4 is 4.90 Å². The number of carbonyl (C=O) groups excluding carboxylic acids is 1. The fourth-order valence-corrected chi connectivity index (χ4v) is 8.60. The van der Waals surface area contributed by atoms with Gasteiger partial charge in [0.15, 0.2) is 15.0 Å². The highest BCUT2D eigenvalue weighted by molar-refractivity contribution is 7.91. The van der Waals surface area contributed by atoms with Gasteiger partial charge in [-0.15, -0.1) is 23.7 Å². The van der Waals surface area contributed by atoms with Gasteiger partial charge in [0.05, 0.1) is 9.60 Å². The number of amides is 1. The molecule has 0 bridgehead atoms. The highest BCUT2D eigenvalue weighted by atomic mass is 35.5. The largest absolute Gasteiger partial charge is 0.308 e. The van der Waals surface area contributed by atoms with Crippen molar-refractivity contribution in [2.24, 2.45) is 0 Å². The molecule has 1 aliphatic rings. The average Bonchev–Trinajstić information content (AvgIpc) is 3.52. The van der Waals surface area contributed by atoms with Crippen molar-refractivity contribution < 1.29 is 21.6 Å². The number of thiazole rings is 1. The maximum Gasteiger partial charge on any atom is 0.253 e. The molecule has 192 valence electrons. The van der Waals surface area contributed by atoms with E-state index in [2.05, 4.69) is 4.98 Å². The van der Waals surface area contributed by atoms with Gasteiger partial charge in [-0.3, -0.25) is 9.69 Å². The highest BCUT2D eigenvalue weighted by Crippen LogP contribution is 2.35. The Hall–Kier alpha value is -1.61. The van der Waals surface area contributed by atoms with Gasteiger partial charge in [0.1, 0.15) is 15.8 Å². The molecule has 1 aliphatic heterocycles. The van der Waals surface area contributed by atoms with Gasteiger partial charge in [-0.1, -0.05) is 23.5 Å². The van der Waals surface area contributed by atoms with Crippen molar-refractivity contribution in [1.29, 1.82) is 0 Å². The topological polar surface area (TPSA) is 108 Å². The van der Waals surface area contributed by atoms with Crippen molar-refractivity contribution in [2.45, 2.75) is 28.0 Å². The molecule has 9 nitrogen and oxygen atoms in total. The number of carbonyl (C=O) groups is 1. The summed E-state index contributed by atoms with van der Waals surface area (Å²) in [7, 11) is -3.54. The van der Waals surface area contributed by atoms with Gasteiger partial charge in [-0.05, 0) is 50.5 Å². The molecule has 1 unspecified atom stereocenters. The monoisotopic (exact) mass is 578 g/mol. The SMILES string of the molecule is CN(C)CCN(C(=O)C1CCCN1S(=O)(=O)c1cccs1)c1nc2c(S(C)(=O)=O)cccc2s1.Cl. The normalized spacial score (nSPS) is 17.1. The Morgan fingerprint density at radius 2 is 1.89 bits per heavy atom. The minimum absolute atomic E-state index is 0. The van der Waals surface area contributed by atoms with Crippen LogP contribution in [0.1, 0.15) is 12.8 Å². The zero-order valence-electron chi connectivity index (χ0n) is 19.4. The molecule has 35 heavy (non-hydrogen) atoms. The van der Waals surface area contributed by atoms with Gasteiger partial charge in [0.25, 0.3) is 10.0 Å². The molecule has 4 rings (SSSR count). The van der Waals surface area contributed by atoms with E-state index in [4.69, 9.17) is 0 Å². The lowest BCUT2D eigenvalue weighted by Gasteiger charge is -2.29. The first-order valence-electron chi connectivity index (χ1n) is 10.6. The lowest BCUT2D eigenvalue weighted by molar-refractivity contribution is -0.121. The van der Waals surface area contributed by atoms with Crippen LogP contribution in [0.2, 0.25) is 0 Å². The summed E-state index contributed by atoms with van der Waals surface area (Å²) in [6.45, 7) is 1.10. The Labute approximate surface area is 219 Å². The molecule has 0 saturated carbocycles. The van der Waals surface area contributed by atoms with Crippen LogP contribution in [0.5, 0.6) is 0 Å². The number of nitrogens with zero attached hydrogens (tertiary/aromatic N) is 4. The Balaban J connectivity index is 0.00000342. The van der Waals surface area contributed by atoms with Crippen LogP contribution in [-0.4, -0.2) is 83.0 Å². The van der Waals surface area contributed by atoms with E-state index in [-0.39, 0.29) is 34.0 Å². The second kappa shape index (κ2) is 10.8. The van der Waals surface area contributed by atoms with Gasteiger partial charge in [0, 0.05) is 25.9 Å². The van der Waals surface area contributed by atoms with Gasteiger partial charge in [-0.2, -0.15) is 4.31 Å². The summed E-state index contributed by atoms with van der Waals surface area (Å²) in [5, 5.41) is 2.06. The predicted molar refractivity (Wildman–Crippen MR) is 142 cm³/mol.